The van der Waals surface area contributed by atoms with E-state index in [1.807, 2.05) is 4.90 Å². The summed E-state index contributed by atoms with van der Waals surface area (Å²) in [5.74, 6) is 2.13. The molecule has 2 atom stereocenters. The first-order valence-corrected chi connectivity index (χ1v) is 7.04. The number of likely N-dealkylation sites (tertiary alicyclic amines) is 1. The summed E-state index contributed by atoms with van der Waals surface area (Å²) >= 11 is 0. The predicted octanol–water partition coefficient (Wildman–Crippen LogP) is 0.150. The highest BCUT2D eigenvalue weighted by Gasteiger charge is 2.36. The van der Waals surface area contributed by atoms with Gasteiger partial charge in [0.05, 0.1) is 6.54 Å². The van der Waals surface area contributed by atoms with Crippen LogP contribution in [-0.2, 0) is 4.79 Å². The van der Waals surface area contributed by atoms with Gasteiger partial charge in [-0.25, -0.2) is 0 Å². The molecule has 0 spiro atoms. The van der Waals surface area contributed by atoms with Crippen molar-refractivity contribution in [3.05, 3.63) is 0 Å². The van der Waals surface area contributed by atoms with Crippen LogP contribution in [-0.4, -0.2) is 61.5 Å². The molecule has 2 heterocycles. The summed E-state index contributed by atoms with van der Waals surface area (Å²) in [5.41, 5.74) is 0. The predicted molar refractivity (Wildman–Crippen MR) is 66.7 cm³/mol. The molecule has 0 bridgehead atoms. The standard InChI is InChI=1S/C13H23N3O/c17-13(16-6-4-14-5-7-16)10-15-8-11-2-1-3-12(11)9-15/h11-12,14H,1-10H2. The fourth-order valence-corrected chi connectivity index (χ4v) is 3.67. The molecule has 0 radical (unpaired) electrons. The number of rotatable bonds is 2. The minimum atomic E-state index is 0.339. The van der Waals surface area contributed by atoms with Crippen molar-refractivity contribution in [3.63, 3.8) is 0 Å². The lowest BCUT2D eigenvalue weighted by atomic mass is 10.0. The van der Waals surface area contributed by atoms with Crippen molar-refractivity contribution in [3.8, 4) is 0 Å². The van der Waals surface area contributed by atoms with Gasteiger partial charge in [0.15, 0.2) is 0 Å². The van der Waals surface area contributed by atoms with Gasteiger partial charge in [-0.1, -0.05) is 6.42 Å². The molecule has 17 heavy (non-hydrogen) atoms. The van der Waals surface area contributed by atoms with Gasteiger partial charge in [-0.2, -0.15) is 0 Å². The molecule has 4 heteroatoms. The van der Waals surface area contributed by atoms with Crippen molar-refractivity contribution in [2.24, 2.45) is 11.8 Å². The van der Waals surface area contributed by atoms with Gasteiger partial charge < -0.3 is 10.2 Å². The minimum Gasteiger partial charge on any atom is -0.339 e. The summed E-state index contributed by atoms with van der Waals surface area (Å²) < 4.78 is 0. The Bertz CT molecular complexity index is 276. The molecule has 2 aliphatic heterocycles. The van der Waals surface area contributed by atoms with Crippen LogP contribution in [0.1, 0.15) is 19.3 Å². The van der Waals surface area contributed by atoms with Crippen LogP contribution in [0.5, 0.6) is 0 Å². The molecule has 3 rings (SSSR count). The van der Waals surface area contributed by atoms with Crippen LogP contribution in [0.4, 0.5) is 0 Å². The van der Waals surface area contributed by atoms with Crippen LogP contribution in [0.2, 0.25) is 0 Å². The van der Waals surface area contributed by atoms with E-state index in [9.17, 15) is 4.79 Å². The fraction of sp³-hybridized carbons (Fsp3) is 0.923. The van der Waals surface area contributed by atoms with Crippen molar-refractivity contribution in [2.45, 2.75) is 19.3 Å². The van der Waals surface area contributed by atoms with Crippen molar-refractivity contribution < 1.29 is 4.79 Å². The summed E-state index contributed by atoms with van der Waals surface area (Å²) in [6.07, 6.45) is 4.20. The molecule has 1 N–H and O–H groups in total. The van der Waals surface area contributed by atoms with Gasteiger partial charge in [0.25, 0.3) is 0 Å². The zero-order valence-electron chi connectivity index (χ0n) is 10.5. The maximum atomic E-state index is 12.1. The van der Waals surface area contributed by atoms with Gasteiger partial charge in [-0.05, 0) is 24.7 Å². The van der Waals surface area contributed by atoms with E-state index in [4.69, 9.17) is 0 Å². The lowest BCUT2D eigenvalue weighted by Gasteiger charge is -2.29. The average molecular weight is 237 g/mol. The largest absolute Gasteiger partial charge is 0.339 e. The molecule has 1 aliphatic carbocycles. The molecular weight excluding hydrogens is 214 g/mol. The van der Waals surface area contributed by atoms with Crippen LogP contribution in [0.3, 0.4) is 0 Å². The first-order chi connectivity index (χ1) is 8.33. The molecule has 3 aliphatic rings. The highest BCUT2D eigenvalue weighted by Crippen LogP contribution is 2.37. The number of carbonyl (C=O) groups excluding carboxylic acids is 1. The molecule has 3 fully saturated rings. The molecule has 96 valence electrons. The van der Waals surface area contributed by atoms with Crippen LogP contribution < -0.4 is 5.32 Å². The highest BCUT2D eigenvalue weighted by molar-refractivity contribution is 5.78. The van der Waals surface area contributed by atoms with Crippen LogP contribution in [0.15, 0.2) is 0 Å². The zero-order valence-corrected chi connectivity index (χ0v) is 10.5. The van der Waals surface area contributed by atoms with E-state index >= 15 is 0 Å². The molecule has 1 saturated carbocycles. The van der Waals surface area contributed by atoms with Crippen LogP contribution >= 0.6 is 0 Å². The number of amides is 1. The quantitative estimate of drug-likeness (QED) is 0.742. The molecule has 2 unspecified atom stereocenters. The lowest BCUT2D eigenvalue weighted by molar-refractivity contribution is -0.132. The molecular formula is C13H23N3O. The van der Waals surface area contributed by atoms with E-state index in [0.717, 1.165) is 38.0 Å². The van der Waals surface area contributed by atoms with Gasteiger partial charge in [0.2, 0.25) is 5.91 Å². The molecule has 2 saturated heterocycles. The highest BCUT2D eigenvalue weighted by atomic mass is 16.2. The SMILES string of the molecule is O=C(CN1CC2CCCC2C1)N1CCNCC1. The second-order valence-electron chi connectivity index (χ2n) is 5.78. The van der Waals surface area contributed by atoms with Crippen LogP contribution in [0, 0.1) is 11.8 Å². The summed E-state index contributed by atoms with van der Waals surface area (Å²) in [5, 5.41) is 3.29. The van der Waals surface area contributed by atoms with Crippen molar-refractivity contribution >= 4 is 5.91 Å². The summed E-state index contributed by atoms with van der Waals surface area (Å²) in [4.78, 5) is 16.5. The molecule has 1 amide bonds. The Morgan fingerprint density at radius 1 is 1.12 bits per heavy atom. The van der Waals surface area contributed by atoms with E-state index in [2.05, 4.69) is 10.2 Å². The maximum Gasteiger partial charge on any atom is 0.236 e. The Balaban J connectivity index is 1.48. The van der Waals surface area contributed by atoms with E-state index in [0.29, 0.717) is 12.5 Å². The number of carbonyl (C=O) groups is 1. The van der Waals surface area contributed by atoms with Gasteiger partial charge in [-0.3, -0.25) is 9.69 Å². The first kappa shape index (κ1) is 11.5. The minimum absolute atomic E-state index is 0.339. The summed E-state index contributed by atoms with van der Waals surface area (Å²) in [6, 6.07) is 0. The lowest BCUT2D eigenvalue weighted by Crippen LogP contribution is -2.49. The second kappa shape index (κ2) is 4.94. The van der Waals surface area contributed by atoms with Crippen molar-refractivity contribution in [2.75, 3.05) is 45.8 Å². The normalized spacial score (nSPS) is 34.0. The summed E-state index contributed by atoms with van der Waals surface area (Å²) in [7, 11) is 0. The molecule has 0 aromatic carbocycles. The zero-order chi connectivity index (χ0) is 11.7. The molecule has 0 aromatic heterocycles. The number of piperazine rings is 1. The Kier molecular flexibility index (Phi) is 3.34. The number of nitrogens with zero attached hydrogens (tertiary/aromatic N) is 2. The third-order valence-corrected chi connectivity index (χ3v) is 4.63. The number of nitrogens with one attached hydrogen (secondary N) is 1. The third-order valence-electron chi connectivity index (χ3n) is 4.63. The Morgan fingerprint density at radius 2 is 1.76 bits per heavy atom. The Morgan fingerprint density at radius 3 is 2.41 bits per heavy atom. The van der Waals surface area contributed by atoms with Crippen molar-refractivity contribution in [1.29, 1.82) is 0 Å². The molecule has 0 aromatic rings. The van der Waals surface area contributed by atoms with E-state index < -0.39 is 0 Å². The number of hydrogen-bond acceptors (Lipinski definition) is 3. The molecule has 4 nitrogen and oxygen atoms in total. The fourth-order valence-electron chi connectivity index (χ4n) is 3.67. The Labute approximate surface area is 103 Å². The maximum absolute atomic E-state index is 12.1. The third kappa shape index (κ3) is 2.47. The van der Waals surface area contributed by atoms with Gasteiger partial charge >= 0.3 is 0 Å². The first-order valence-electron chi connectivity index (χ1n) is 7.04. The Hall–Kier alpha value is -0.610. The summed E-state index contributed by atoms with van der Waals surface area (Å²) in [6.45, 7) is 6.69. The van der Waals surface area contributed by atoms with Gasteiger partial charge in [-0.15, -0.1) is 0 Å². The van der Waals surface area contributed by atoms with E-state index in [-0.39, 0.29) is 0 Å². The average Bonchev–Trinajstić information content (AvgIpc) is 2.90. The van der Waals surface area contributed by atoms with Crippen molar-refractivity contribution in [1.82, 2.24) is 15.1 Å². The van der Waals surface area contributed by atoms with E-state index in [1.54, 1.807) is 0 Å². The topological polar surface area (TPSA) is 35.6 Å². The second-order valence-corrected chi connectivity index (χ2v) is 5.78. The number of fused-ring (bicyclic) bond motifs is 1. The van der Waals surface area contributed by atoms with Crippen LogP contribution in [0.25, 0.3) is 0 Å². The smallest absolute Gasteiger partial charge is 0.236 e. The van der Waals surface area contributed by atoms with Gasteiger partial charge in [0, 0.05) is 39.3 Å². The number of hydrogen-bond donors (Lipinski definition) is 1. The van der Waals surface area contributed by atoms with Gasteiger partial charge in [0.1, 0.15) is 0 Å². The van der Waals surface area contributed by atoms with E-state index in [1.165, 1.54) is 32.4 Å². The monoisotopic (exact) mass is 237 g/mol.